The van der Waals surface area contributed by atoms with E-state index < -0.39 is 0 Å². The number of carbonyl (C=O) groups excluding carboxylic acids is 1. The Bertz CT molecular complexity index is 148. The maximum Gasteiger partial charge on any atom is 0.218 e. The molecule has 3 nitrogen and oxygen atoms in total. The van der Waals surface area contributed by atoms with E-state index >= 15 is 0 Å². The van der Waals surface area contributed by atoms with Crippen molar-refractivity contribution < 1.29 is 4.79 Å². The van der Waals surface area contributed by atoms with Crippen LogP contribution in [0.2, 0.25) is 0 Å². The lowest BCUT2D eigenvalue weighted by Crippen LogP contribution is -2.24. The predicted octanol–water partition coefficient (Wildman–Crippen LogP) is -0.573. The van der Waals surface area contributed by atoms with Gasteiger partial charge >= 0.3 is 0 Å². The number of hydrogen-bond donors (Lipinski definition) is 1. The van der Waals surface area contributed by atoms with Gasteiger partial charge in [0.05, 0.1) is 6.54 Å². The average molecular weight is 140 g/mol. The minimum absolute atomic E-state index is 0.288. The molecule has 0 radical (unpaired) electrons. The molecule has 0 spiro atoms. The topological polar surface area (TPSA) is 46.3 Å². The number of carbonyl (C=O) groups is 1. The summed E-state index contributed by atoms with van der Waals surface area (Å²) in [6.07, 6.45) is 5.40. The first-order valence-corrected chi connectivity index (χ1v) is 3.07. The third kappa shape index (κ3) is 5.13. The summed E-state index contributed by atoms with van der Waals surface area (Å²) in [5.74, 6) is 2.18. The highest BCUT2D eigenvalue weighted by Gasteiger charge is 1.97. The molecule has 0 unspecified atom stereocenters. The van der Waals surface area contributed by atoms with Gasteiger partial charge in [0, 0.05) is 13.0 Å². The highest BCUT2D eigenvalue weighted by atomic mass is 16.1. The molecular weight excluding hydrogens is 128 g/mol. The van der Waals surface area contributed by atoms with Crippen molar-refractivity contribution in [3.8, 4) is 12.3 Å². The van der Waals surface area contributed by atoms with Gasteiger partial charge in [-0.1, -0.05) is 5.92 Å². The number of nitrogens with zero attached hydrogens (tertiary/aromatic N) is 1. The summed E-state index contributed by atoms with van der Waals surface area (Å²) in [5, 5.41) is 0. The fourth-order valence-electron chi connectivity index (χ4n) is 0.536. The summed E-state index contributed by atoms with van der Waals surface area (Å²) < 4.78 is 0. The molecule has 0 saturated heterocycles. The lowest BCUT2D eigenvalue weighted by molar-refractivity contribution is -0.118. The molecule has 2 N–H and O–H groups in total. The summed E-state index contributed by atoms with van der Waals surface area (Å²) in [7, 11) is 1.85. The standard InChI is InChI=1S/C7H12N2O/c1-3-5-9(2)6-4-7(8)10/h1H,4-6H2,2H3,(H2,8,10). The molecule has 0 aromatic heterocycles. The van der Waals surface area contributed by atoms with Crippen molar-refractivity contribution >= 4 is 5.91 Å². The second-order valence-electron chi connectivity index (χ2n) is 2.16. The van der Waals surface area contributed by atoms with Crippen LogP contribution in [0.4, 0.5) is 0 Å². The number of primary amides is 1. The molecule has 56 valence electrons. The molecule has 0 atom stereocenters. The summed E-state index contributed by atoms with van der Waals surface area (Å²) in [4.78, 5) is 12.1. The Hall–Kier alpha value is -1.01. The third-order valence-electron chi connectivity index (χ3n) is 1.10. The van der Waals surface area contributed by atoms with Gasteiger partial charge in [0.1, 0.15) is 0 Å². The highest BCUT2D eigenvalue weighted by molar-refractivity contribution is 5.73. The highest BCUT2D eigenvalue weighted by Crippen LogP contribution is 1.83. The smallest absolute Gasteiger partial charge is 0.218 e. The fraction of sp³-hybridized carbons (Fsp3) is 0.571. The van der Waals surface area contributed by atoms with Crippen LogP contribution in [-0.4, -0.2) is 30.9 Å². The molecule has 0 saturated carbocycles. The first-order chi connectivity index (χ1) is 4.66. The SMILES string of the molecule is C#CCN(C)CCC(N)=O. The van der Waals surface area contributed by atoms with Gasteiger partial charge < -0.3 is 5.73 Å². The van der Waals surface area contributed by atoms with Crippen LogP contribution >= 0.6 is 0 Å². The number of nitrogens with two attached hydrogens (primary N) is 1. The quantitative estimate of drug-likeness (QED) is 0.531. The van der Waals surface area contributed by atoms with E-state index in [-0.39, 0.29) is 5.91 Å². The second-order valence-corrected chi connectivity index (χ2v) is 2.16. The minimum atomic E-state index is -0.288. The van der Waals surface area contributed by atoms with Gasteiger partial charge in [-0.25, -0.2) is 0 Å². The molecule has 1 amide bonds. The third-order valence-corrected chi connectivity index (χ3v) is 1.10. The Morgan fingerprint density at radius 2 is 2.40 bits per heavy atom. The van der Waals surface area contributed by atoms with E-state index in [4.69, 9.17) is 12.2 Å². The van der Waals surface area contributed by atoms with Crippen LogP contribution in [0, 0.1) is 12.3 Å². The molecule has 0 fully saturated rings. The first-order valence-electron chi connectivity index (χ1n) is 3.07. The molecule has 0 aromatic carbocycles. The maximum atomic E-state index is 10.3. The maximum absolute atomic E-state index is 10.3. The Labute approximate surface area is 61.2 Å². The lowest BCUT2D eigenvalue weighted by Gasteiger charge is -2.10. The molecule has 0 rings (SSSR count). The van der Waals surface area contributed by atoms with Crippen LogP contribution in [0.25, 0.3) is 0 Å². The van der Waals surface area contributed by atoms with Crippen molar-refractivity contribution in [2.75, 3.05) is 20.1 Å². The van der Waals surface area contributed by atoms with Crippen LogP contribution in [0.5, 0.6) is 0 Å². The normalized spacial score (nSPS) is 9.30. The summed E-state index contributed by atoms with van der Waals surface area (Å²) in [5.41, 5.74) is 4.92. The molecule has 0 aliphatic rings. The number of hydrogen-bond acceptors (Lipinski definition) is 2. The van der Waals surface area contributed by atoms with Gasteiger partial charge in [-0.05, 0) is 7.05 Å². The lowest BCUT2D eigenvalue weighted by atomic mass is 10.4. The van der Waals surface area contributed by atoms with Crippen molar-refractivity contribution in [2.24, 2.45) is 5.73 Å². The zero-order valence-electron chi connectivity index (χ0n) is 6.13. The van der Waals surface area contributed by atoms with Crippen LogP contribution in [-0.2, 0) is 4.79 Å². The predicted molar refractivity (Wildman–Crippen MR) is 40.1 cm³/mol. The number of amides is 1. The summed E-state index contributed by atoms with van der Waals surface area (Å²) >= 11 is 0. The zero-order chi connectivity index (χ0) is 7.98. The zero-order valence-corrected chi connectivity index (χ0v) is 6.13. The van der Waals surface area contributed by atoms with Gasteiger partial charge in [-0.15, -0.1) is 6.42 Å². The number of rotatable bonds is 4. The van der Waals surface area contributed by atoms with Crippen molar-refractivity contribution in [1.82, 2.24) is 4.90 Å². The van der Waals surface area contributed by atoms with Gasteiger partial charge in [-0.2, -0.15) is 0 Å². The molecule has 10 heavy (non-hydrogen) atoms. The average Bonchev–Trinajstić information content (AvgIpc) is 1.85. The Morgan fingerprint density at radius 3 is 2.80 bits per heavy atom. The number of terminal acetylenes is 1. The van der Waals surface area contributed by atoms with E-state index in [1.165, 1.54) is 0 Å². The van der Waals surface area contributed by atoms with Gasteiger partial charge in [-0.3, -0.25) is 9.69 Å². The van der Waals surface area contributed by atoms with E-state index in [0.29, 0.717) is 19.5 Å². The molecular formula is C7H12N2O. The van der Waals surface area contributed by atoms with Gasteiger partial charge in [0.15, 0.2) is 0 Å². The molecule has 0 aliphatic heterocycles. The van der Waals surface area contributed by atoms with Crippen LogP contribution in [0.1, 0.15) is 6.42 Å². The van der Waals surface area contributed by atoms with Crippen molar-refractivity contribution in [2.45, 2.75) is 6.42 Å². The first kappa shape index (κ1) is 8.99. The Morgan fingerprint density at radius 1 is 1.80 bits per heavy atom. The van der Waals surface area contributed by atoms with Gasteiger partial charge in [0.25, 0.3) is 0 Å². The van der Waals surface area contributed by atoms with E-state index in [1.54, 1.807) is 0 Å². The van der Waals surface area contributed by atoms with Gasteiger partial charge in [0.2, 0.25) is 5.91 Å². The second kappa shape index (κ2) is 4.83. The van der Waals surface area contributed by atoms with Crippen LogP contribution in [0.3, 0.4) is 0 Å². The van der Waals surface area contributed by atoms with Crippen molar-refractivity contribution in [3.63, 3.8) is 0 Å². The summed E-state index contributed by atoms with van der Waals surface area (Å²) in [6, 6.07) is 0. The minimum Gasteiger partial charge on any atom is -0.370 e. The van der Waals surface area contributed by atoms with Crippen LogP contribution in [0.15, 0.2) is 0 Å². The van der Waals surface area contributed by atoms with Crippen LogP contribution < -0.4 is 5.73 Å². The monoisotopic (exact) mass is 140 g/mol. The van der Waals surface area contributed by atoms with E-state index in [1.807, 2.05) is 11.9 Å². The molecule has 0 aromatic rings. The molecule has 0 heterocycles. The van der Waals surface area contributed by atoms with E-state index in [9.17, 15) is 4.79 Å². The van der Waals surface area contributed by atoms with E-state index in [0.717, 1.165) is 0 Å². The molecule has 0 aliphatic carbocycles. The summed E-state index contributed by atoms with van der Waals surface area (Å²) in [6.45, 7) is 1.20. The fourth-order valence-corrected chi connectivity index (χ4v) is 0.536. The Kier molecular flexibility index (Phi) is 4.34. The Balaban J connectivity index is 3.32. The van der Waals surface area contributed by atoms with Crippen molar-refractivity contribution in [3.05, 3.63) is 0 Å². The largest absolute Gasteiger partial charge is 0.370 e. The van der Waals surface area contributed by atoms with Crippen molar-refractivity contribution in [1.29, 1.82) is 0 Å². The molecule has 3 heteroatoms. The molecule has 0 bridgehead atoms. The van der Waals surface area contributed by atoms with E-state index in [2.05, 4.69) is 5.92 Å².